The molecule has 28 heavy (non-hydrogen) atoms. The molecule has 3 atom stereocenters. The zero-order chi connectivity index (χ0) is 19.7. The minimum absolute atomic E-state index is 0.189. The molecule has 1 aliphatic rings. The summed E-state index contributed by atoms with van der Waals surface area (Å²) in [5.41, 5.74) is 1.03. The Labute approximate surface area is 164 Å². The van der Waals surface area contributed by atoms with Gasteiger partial charge < -0.3 is 15.2 Å². The van der Waals surface area contributed by atoms with Crippen LogP contribution in [0.1, 0.15) is 17.5 Å². The van der Waals surface area contributed by atoms with E-state index >= 15 is 0 Å². The fourth-order valence-electron chi connectivity index (χ4n) is 3.01. The topological polar surface area (TPSA) is 154 Å². The summed E-state index contributed by atoms with van der Waals surface area (Å²) in [6.07, 6.45) is 0.804. The number of nitrogens with one attached hydrogen (secondary N) is 1. The normalized spacial score (nSPS) is 22.7. The van der Waals surface area contributed by atoms with Crippen LogP contribution in [0.2, 0.25) is 0 Å². The van der Waals surface area contributed by atoms with Crippen LogP contribution in [0.4, 0.5) is 5.82 Å². The van der Waals surface area contributed by atoms with Crippen LogP contribution in [0.5, 0.6) is 0 Å². The van der Waals surface area contributed by atoms with E-state index in [-0.39, 0.29) is 13.0 Å². The van der Waals surface area contributed by atoms with Crippen molar-refractivity contribution in [3.8, 4) is 0 Å². The van der Waals surface area contributed by atoms with E-state index in [9.17, 15) is 13.5 Å². The van der Waals surface area contributed by atoms with Crippen molar-refractivity contribution in [1.29, 1.82) is 0 Å². The van der Waals surface area contributed by atoms with Crippen molar-refractivity contribution in [3.05, 3.63) is 35.0 Å². The Morgan fingerprint density at radius 2 is 2.29 bits per heavy atom. The fourth-order valence-corrected chi connectivity index (χ4v) is 4.00. The maximum Gasteiger partial charge on any atom is 0.333 e. The van der Waals surface area contributed by atoms with Gasteiger partial charge in [-0.25, -0.2) is 20.1 Å². The minimum Gasteiger partial charge on any atom is -0.388 e. The minimum atomic E-state index is -4.07. The Balaban J connectivity index is 1.52. The number of hydrogen-bond acceptors (Lipinski definition) is 10. The van der Waals surface area contributed by atoms with Crippen molar-refractivity contribution in [2.75, 3.05) is 11.9 Å². The molecule has 0 amide bonds. The lowest BCUT2D eigenvalue weighted by Crippen LogP contribution is -2.23. The van der Waals surface area contributed by atoms with Gasteiger partial charge in [0.25, 0.3) is 0 Å². The highest BCUT2D eigenvalue weighted by molar-refractivity contribution is 7.84. The highest BCUT2D eigenvalue weighted by atomic mass is 32.2. The Morgan fingerprint density at radius 1 is 1.43 bits per heavy atom. The van der Waals surface area contributed by atoms with Crippen molar-refractivity contribution in [2.24, 2.45) is 5.14 Å². The van der Waals surface area contributed by atoms with Crippen molar-refractivity contribution in [2.45, 2.75) is 31.4 Å². The Kier molecular flexibility index (Phi) is 5.27. The molecule has 0 aliphatic carbocycles. The van der Waals surface area contributed by atoms with Crippen LogP contribution in [0.25, 0.3) is 11.2 Å². The van der Waals surface area contributed by atoms with Crippen LogP contribution in [0.15, 0.2) is 30.2 Å². The number of nitrogens with two attached hydrogens (primary N) is 1. The second kappa shape index (κ2) is 7.69. The molecular formula is C15H18N6O5S2. The van der Waals surface area contributed by atoms with Gasteiger partial charge in [-0.05, 0) is 11.4 Å². The summed E-state index contributed by atoms with van der Waals surface area (Å²) in [4.78, 5) is 14.0. The zero-order valence-corrected chi connectivity index (χ0v) is 16.1. The van der Waals surface area contributed by atoms with Gasteiger partial charge in [-0.2, -0.15) is 8.42 Å². The average molecular weight is 426 g/mol. The first-order valence-corrected chi connectivity index (χ1v) is 10.7. The first-order valence-electron chi connectivity index (χ1n) is 8.35. The van der Waals surface area contributed by atoms with Crippen LogP contribution in [0.3, 0.4) is 0 Å². The molecule has 0 spiro atoms. The van der Waals surface area contributed by atoms with E-state index in [1.165, 1.54) is 12.7 Å². The van der Waals surface area contributed by atoms with Crippen LogP contribution in [0, 0.1) is 0 Å². The first-order chi connectivity index (χ1) is 13.4. The maximum absolute atomic E-state index is 10.9. The quantitative estimate of drug-likeness (QED) is 0.486. The summed E-state index contributed by atoms with van der Waals surface area (Å²) < 4.78 is 33.8. The van der Waals surface area contributed by atoms with Crippen LogP contribution in [-0.2, 0) is 25.8 Å². The van der Waals surface area contributed by atoms with E-state index in [2.05, 4.69) is 24.5 Å². The molecule has 150 valence electrons. The van der Waals surface area contributed by atoms with Crippen molar-refractivity contribution in [3.63, 3.8) is 0 Å². The molecule has 0 radical (unpaired) electrons. The van der Waals surface area contributed by atoms with Gasteiger partial charge in [-0.15, -0.1) is 11.3 Å². The van der Waals surface area contributed by atoms with Gasteiger partial charge in [-0.1, -0.05) is 6.07 Å². The fraction of sp³-hybridized carbons (Fsp3) is 0.400. The Morgan fingerprint density at radius 3 is 3.04 bits per heavy atom. The number of rotatable bonds is 7. The standard InChI is InChI=1S/C15H18N6O5S2/c16-28(23,24)25-6-9-4-11(22)15(26-9)21-8-20-12-13(18-7-19-14(12)21)17-5-10-2-1-3-27-10/h1-3,7-9,11,15,22H,4-6H2,(H2,16,23,24)(H,17,18,19)/t9-,11-,15-/m1/s1. The van der Waals surface area contributed by atoms with Gasteiger partial charge in [0.15, 0.2) is 23.2 Å². The average Bonchev–Trinajstić information content (AvgIpc) is 3.37. The third-order valence-electron chi connectivity index (χ3n) is 4.23. The lowest BCUT2D eigenvalue weighted by Gasteiger charge is -2.16. The molecule has 4 rings (SSSR count). The van der Waals surface area contributed by atoms with Gasteiger partial charge in [0, 0.05) is 11.3 Å². The van der Waals surface area contributed by atoms with E-state index in [0.29, 0.717) is 23.5 Å². The molecule has 4 N–H and O–H groups in total. The molecule has 0 aromatic carbocycles. The summed E-state index contributed by atoms with van der Waals surface area (Å²) in [6.45, 7) is 0.327. The number of hydrogen-bond donors (Lipinski definition) is 3. The molecule has 4 heterocycles. The highest BCUT2D eigenvalue weighted by Crippen LogP contribution is 2.32. The number of aromatic nitrogens is 4. The molecule has 0 saturated carbocycles. The second-order valence-electron chi connectivity index (χ2n) is 6.21. The molecule has 1 fully saturated rings. The predicted octanol–water partition coefficient (Wildman–Crippen LogP) is 0.368. The lowest BCUT2D eigenvalue weighted by atomic mass is 10.2. The lowest BCUT2D eigenvalue weighted by molar-refractivity contribution is -0.0452. The molecule has 0 bridgehead atoms. The molecule has 0 unspecified atom stereocenters. The summed E-state index contributed by atoms with van der Waals surface area (Å²) >= 11 is 1.63. The van der Waals surface area contributed by atoms with Gasteiger partial charge in [0.2, 0.25) is 0 Å². The second-order valence-corrected chi connectivity index (χ2v) is 8.46. The third kappa shape index (κ3) is 4.14. The summed E-state index contributed by atoms with van der Waals surface area (Å²) in [5.74, 6) is 0.568. The SMILES string of the molecule is NS(=O)(=O)OC[C@H]1C[C@@H](O)[C@H](n2cnc3c(NCc4cccs4)ncnc32)O1. The van der Waals surface area contributed by atoms with Gasteiger partial charge >= 0.3 is 10.3 Å². The van der Waals surface area contributed by atoms with Crippen LogP contribution in [-0.4, -0.2) is 51.9 Å². The van der Waals surface area contributed by atoms with Gasteiger partial charge in [0.05, 0.1) is 25.6 Å². The number of ether oxygens (including phenoxy) is 1. The van der Waals surface area contributed by atoms with Gasteiger partial charge in [0.1, 0.15) is 12.4 Å². The van der Waals surface area contributed by atoms with Crippen molar-refractivity contribution >= 4 is 38.6 Å². The number of fused-ring (bicyclic) bond motifs is 1. The molecular weight excluding hydrogens is 408 g/mol. The number of imidazole rings is 1. The van der Waals surface area contributed by atoms with E-state index in [4.69, 9.17) is 9.88 Å². The Hall–Kier alpha value is -2.16. The van der Waals surface area contributed by atoms with E-state index in [1.807, 2.05) is 17.5 Å². The van der Waals surface area contributed by atoms with E-state index in [1.54, 1.807) is 15.9 Å². The maximum atomic E-state index is 10.9. The number of aliphatic hydroxyl groups excluding tert-OH is 1. The molecule has 3 aromatic rings. The van der Waals surface area contributed by atoms with Gasteiger partial charge in [-0.3, -0.25) is 8.75 Å². The monoisotopic (exact) mass is 426 g/mol. The molecule has 13 heteroatoms. The third-order valence-corrected chi connectivity index (χ3v) is 5.57. The zero-order valence-electron chi connectivity index (χ0n) is 14.5. The summed E-state index contributed by atoms with van der Waals surface area (Å²) in [5, 5.41) is 20.4. The van der Waals surface area contributed by atoms with Crippen LogP contribution < -0.4 is 10.5 Å². The predicted molar refractivity (Wildman–Crippen MR) is 101 cm³/mol. The number of nitrogens with zero attached hydrogens (tertiary/aromatic N) is 4. The van der Waals surface area contributed by atoms with Crippen molar-refractivity contribution in [1.82, 2.24) is 19.5 Å². The molecule has 1 aliphatic heterocycles. The number of anilines is 1. The first kappa shape index (κ1) is 19.2. The summed E-state index contributed by atoms with van der Waals surface area (Å²) in [7, 11) is -4.07. The molecule has 11 nitrogen and oxygen atoms in total. The Bertz CT molecular complexity index is 1050. The largest absolute Gasteiger partial charge is 0.388 e. The number of thiophene rings is 1. The number of aliphatic hydroxyl groups is 1. The van der Waals surface area contributed by atoms with E-state index in [0.717, 1.165) is 4.88 Å². The molecule has 1 saturated heterocycles. The smallest absolute Gasteiger partial charge is 0.333 e. The van der Waals surface area contributed by atoms with E-state index < -0.39 is 28.7 Å². The molecule has 3 aromatic heterocycles. The summed E-state index contributed by atoms with van der Waals surface area (Å²) in [6, 6.07) is 3.99. The van der Waals surface area contributed by atoms with Crippen molar-refractivity contribution < 1.29 is 22.4 Å². The highest BCUT2D eigenvalue weighted by Gasteiger charge is 2.37. The van der Waals surface area contributed by atoms with Crippen LogP contribution >= 0.6 is 11.3 Å².